The third-order valence-electron chi connectivity index (χ3n) is 2.22. The molecule has 2 aromatic rings. The number of carbonyl (C=O) groups is 1. The molecule has 1 aromatic carbocycles. The number of halogens is 1. The first-order chi connectivity index (χ1) is 9.18. The van der Waals surface area contributed by atoms with Crippen LogP contribution < -0.4 is 11.2 Å². The molecule has 0 saturated heterocycles. The number of nitrogens with zero attached hydrogens (tertiary/aromatic N) is 3. The fourth-order valence-corrected chi connectivity index (χ4v) is 1.53. The lowest BCUT2D eigenvalue weighted by Crippen LogP contribution is -2.24. The number of amides is 1. The highest BCUT2D eigenvalue weighted by Gasteiger charge is 2.09. The molecule has 1 aromatic heterocycles. The SMILES string of the molecule is NC(=NNC(=O)c1ccccc1Cl)c1cnccn1. The maximum absolute atomic E-state index is 11.8. The van der Waals surface area contributed by atoms with Crippen LogP contribution in [0.4, 0.5) is 0 Å². The standard InChI is InChI=1S/C12H10ClN5O/c13-9-4-2-1-3-8(9)12(19)18-17-11(14)10-7-15-5-6-16-10/h1-7H,(H2,14,17)(H,18,19). The smallest absolute Gasteiger partial charge is 0.272 e. The minimum Gasteiger partial charge on any atom is -0.380 e. The molecule has 0 bridgehead atoms. The van der Waals surface area contributed by atoms with Crippen LogP contribution in [0.15, 0.2) is 48.0 Å². The first kappa shape index (κ1) is 13.0. The van der Waals surface area contributed by atoms with Gasteiger partial charge >= 0.3 is 0 Å². The molecule has 2 rings (SSSR count). The summed E-state index contributed by atoms with van der Waals surface area (Å²) >= 11 is 5.89. The van der Waals surface area contributed by atoms with Gasteiger partial charge in [0.25, 0.3) is 5.91 Å². The third-order valence-corrected chi connectivity index (χ3v) is 2.55. The number of benzene rings is 1. The largest absolute Gasteiger partial charge is 0.380 e. The Morgan fingerprint density at radius 2 is 2.11 bits per heavy atom. The molecule has 0 radical (unpaired) electrons. The van der Waals surface area contributed by atoms with Gasteiger partial charge in [0.15, 0.2) is 5.84 Å². The lowest BCUT2D eigenvalue weighted by molar-refractivity contribution is 0.0955. The van der Waals surface area contributed by atoms with Crippen LogP contribution >= 0.6 is 11.6 Å². The molecule has 0 unspecified atom stereocenters. The van der Waals surface area contributed by atoms with Gasteiger partial charge in [-0.05, 0) is 12.1 Å². The van der Waals surface area contributed by atoms with Crippen molar-refractivity contribution in [3.63, 3.8) is 0 Å². The van der Waals surface area contributed by atoms with E-state index in [0.717, 1.165) is 0 Å². The van der Waals surface area contributed by atoms with Crippen molar-refractivity contribution in [2.75, 3.05) is 0 Å². The van der Waals surface area contributed by atoms with Crippen molar-refractivity contribution >= 4 is 23.3 Å². The first-order valence-corrected chi connectivity index (χ1v) is 5.70. The maximum atomic E-state index is 11.8. The maximum Gasteiger partial charge on any atom is 0.272 e. The Kier molecular flexibility index (Phi) is 4.04. The second-order valence-corrected chi connectivity index (χ2v) is 3.92. The van der Waals surface area contributed by atoms with Gasteiger partial charge in [-0.3, -0.25) is 9.78 Å². The van der Waals surface area contributed by atoms with Crippen molar-refractivity contribution in [2.45, 2.75) is 0 Å². The Hall–Kier alpha value is -2.47. The van der Waals surface area contributed by atoms with Crippen LogP contribution in [0.3, 0.4) is 0 Å². The molecule has 3 N–H and O–H groups in total. The van der Waals surface area contributed by atoms with E-state index in [2.05, 4.69) is 20.5 Å². The average molecular weight is 276 g/mol. The van der Waals surface area contributed by atoms with Gasteiger partial charge in [-0.15, -0.1) is 0 Å². The van der Waals surface area contributed by atoms with Crippen molar-refractivity contribution in [3.8, 4) is 0 Å². The Bertz CT molecular complexity index is 615. The monoisotopic (exact) mass is 275 g/mol. The van der Waals surface area contributed by atoms with E-state index >= 15 is 0 Å². The van der Waals surface area contributed by atoms with Crippen molar-refractivity contribution in [1.82, 2.24) is 15.4 Å². The van der Waals surface area contributed by atoms with E-state index in [9.17, 15) is 4.79 Å². The van der Waals surface area contributed by atoms with Gasteiger partial charge in [-0.25, -0.2) is 10.4 Å². The zero-order valence-corrected chi connectivity index (χ0v) is 10.5. The number of aromatic nitrogens is 2. The van der Waals surface area contributed by atoms with Gasteiger partial charge in [-0.2, -0.15) is 5.10 Å². The molecule has 96 valence electrons. The molecular weight excluding hydrogens is 266 g/mol. The minimum absolute atomic E-state index is 0.0634. The molecule has 0 aliphatic carbocycles. The lowest BCUT2D eigenvalue weighted by Gasteiger charge is -2.03. The molecule has 0 aliphatic heterocycles. The summed E-state index contributed by atoms with van der Waals surface area (Å²) in [5.41, 5.74) is 8.67. The van der Waals surface area contributed by atoms with Crippen LogP contribution in [-0.2, 0) is 0 Å². The summed E-state index contributed by atoms with van der Waals surface area (Å²) in [6.45, 7) is 0. The molecule has 19 heavy (non-hydrogen) atoms. The lowest BCUT2D eigenvalue weighted by atomic mass is 10.2. The Morgan fingerprint density at radius 1 is 1.32 bits per heavy atom. The van der Waals surface area contributed by atoms with E-state index in [1.807, 2.05) is 0 Å². The third kappa shape index (κ3) is 3.26. The predicted molar refractivity (Wildman–Crippen MR) is 71.7 cm³/mol. The highest BCUT2D eigenvalue weighted by molar-refractivity contribution is 6.33. The average Bonchev–Trinajstić information content (AvgIpc) is 2.46. The molecule has 0 atom stereocenters. The van der Waals surface area contributed by atoms with E-state index in [-0.39, 0.29) is 5.84 Å². The predicted octanol–water partition coefficient (Wildman–Crippen LogP) is 1.18. The summed E-state index contributed by atoms with van der Waals surface area (Å²) in [4.78, 5) is 19.6. The number of rotatable bonds is 3. The normalized spacial score (nSPS) is 11.1. The summed E-state index contributed by atoms with van der Waals surface area (Å²) in [6, 6.07) is 6.64. The second kappa shape index (κ2) is 5.92. The summed E-state index contributed by atoms with van der Waals surface area (Å²) in [7, 11) is 0. The quantitative estimate of drug-likeness (QED) is 0.500. The van der Waals surface area contributed by atoms with Gasteiger partial charge in [0.1, 0.15) is 5.69 Å². The fraction of sp³-hybridized carbons (Fsp3) is 0. The zero-order chi connectivity index (χ0) is 13.7. The number of nitrogens with one attached hydrogen (secondary N) is 1. The Morgan fingerprint density at radius 3 is 2.79 bits per heavy atom. The summed E-state index contributed by atoms with van der Waals surface area (Å²) in [5, 5.41) is 4.09. The molecule has 0 spiro atoms. The van der Waals surface area contributed by atoms with E-state index in [0.29, 0.717) is 16.3 Å². The van der Waals surface area contributed by atoms with Crippen LogP contribution in [0.2, 0.25) is 5.02 Å². The molecule has 6 nitrogen and oxygen atoms in total. The summed E-state index contributed by atoms with van der Waals surface area (Å²) in [6.07, 6.45) is 4.44. The van der Waals surface area contributed by atoms with Crippen molar-refractivity contribution in [3.05, 3.63) is 59.1 Å². The van der Waals surface area contributed by atoms with E-state index < -0.39 is 5.91 Å². The minimum atomic E-state index is -0.447. The molecule has 1 amide bonds. The van der Waals surface area contributed by atoms with Crippen LogP contribution in [0, 0.1) is 0 Å². The second-order valence-electron chi connectivity index (χ2n) is 3.51. The first-order valence-electron chi connectivity index (χ1n) is 5.33. The molecule has 0 aliphatic rings. The summed E-state index contributed by atoms with van der Waals surface area (Å²) in [5.74, 6) is -0.383. The fourth-order valence-electron chi connectivity index (χ4n) is 1.31. The highest BCUT2D eigenvalue weighted by Crippen LogP contribution is 2.14. The van der Waals surface area contributed by atoms with Gasteiger partial charge in [-0.1, -0.05) is 23.7 Å². The Balaban J connectivity index is 2.11. The van der Waals surface area contributed by atoms with Gasteiger partial charge < -0.3 is 5.73 Å². The van der Waals surface area contributed by atoms with Crippen molar-refractivity contribution < 1.29 is 4.79 Å². The zero-order valence-electron chi connectivity index (χ0n) is 9.75. The number of hydrogen-bond donors (Lipinski definition) is 2. The van der Waals surface area contributed by atoms with Crippen LogP contribution in [-0.4, -0.2) is 21.7 Å². The van der Waals surface area contributed by atoms with Crippen molar-refractivity contribution in [2.24, 2.45) is 10.8 Å². The van der Waals surface area contributed by atoms with Crippen LogP contribution in [0.1, 0.15) is 16.1 Å². The molecule has 1 heterocycles. The van der Waals surface area contributed by atoms with Gasteiger partial charge in [0, 0.05) is 12.4 Å². The van der Waals surface area contributed by atoms with E-state index in [1.165, 1.54) is 18.6 Å². The molecular formula is C12H10ClN5O. The highest BCUT2D eigenvalue weighted by atomic mass is 35.5. The number of amidine groups is 1. The number of carbonyl (C=O) groups excluding carboxylic acids is 1. The number of hydrazone groups is 1. The van der Waals surface area contributed by atoms with E-state index in [4.69, 9.17) is 17.3 Å². The Labute approximate surface area is 114 Å². The van der Waals surface area contributed by atoms with Gasteiger partial charge in [0.2, 0.25) is 0 Å². The number of hydrogen-bond acceptors (Lipinski definition) is 4. The van der Waals surface area contributed by atoms with E-state index in [1.54, 1.807) is 24.3 Å². The molecule has 7 heteroatoms. The van der Waals surface area contributed by atoms with Crippen LogP contribution in [0.25, 0.3) is 0 Å². The topological polar surface area (TPSA) is 93.3 Å². The van der Waals surface area contributed by atoms with Crippen LogP contribution in [0.5, 0.6) is 0 Å². The number of nitrogens with two attached hydrogens (primary N) is 1. The molecule has 0 fully saturated rings. The van der Waals surface area contributed by atoms with Crippen molar-refractivity contribution in [1.29, 1.82) is 0 Å². The van der Waals surface area contributed by atoms with Gasteiger partial charge in [0.05, 0.1) is 16.8 Å². The summed E-state index contributed by atoms with van der Waals surface area (Å²) < 4.78 is 0. The molecule has 0 saturated carbocycles.